The number of ether oxygens (including phenoxy) is 2. The predicted octanol–water partition coefficient (Wildman–Crippen LogP) is 1.77. The molecule has 5 nitrogen and oxygen atoms in total. The van der Waals surface area contributed by atoms with Crippen LogP contribution in [-0.4, -0.2) is 56.9 Å². The highest BCUT2D eigenvalue weighted by molar-refractivity contribution is 5.78. The van der Waals surface area contributed by atoms with Crippen LogP contribution in [0.3, 0.4) is 0 Å². The van der Waals surface area contributed by atoms with E-state index in [0.717, 1.165) is 45.7 Å². The zero-order valence-corrected chi connectivity index (χ0v) is 14.5. The van der Waals surface area contributed by atoms with E-state index in [1.807, 2.05) is 4.90 Å². The number of aryl methyl sites for hydroxylation is 1. The summed E-state index contributed by atoms with van der Waals surface area (Å²) < 4.78 is 11.0. The Kier molecular flexibility index (Phi) is 6.24. The summed E-state index contributed by atoms with van der Waals surface area (Å²) in [5.74, 6) is 0.526. The summed E-state index contributed by atoms with van der Waals surface area (Å²) in [5.41, 5.74) is 2.51. The van der Waals surface area contributed by atoms with E-state index in [1.165, 1.54) is 11.1 Å². The van der Waals surface area contributed by atoms with E-state index in [-0.39, 0.29) is 18.6 Å². The minimum absolute atomic E-state index is 0.0833. The van der Waals surface area contributed by atoms with E-state index < -0.39 is 0 Å². The van der Waals surface area contributed by atoms with Crippen molar-refractivity contribution in [2.75, 3.05) is 46.1 Å². The second-order valence-corrected chi connectivity index (χ2v) is 6.65. The zero-order chi connectivity index (χ0) is 16.8. The highest BCUT2D eigenvalue weighted by atomic mass is 16.5. The third kappa shape index (κ3) is 4.35. The van der Waals surface area contributed by atoms with E-state index in [9.17, 15) is 4.79 Å². The topological polar surface area (TPSA) is 50.8 Å². The molecule has 0 radical (unpaired) electrons. The molecule has 132 valence electrons. The molecule has 2 heterocycles. The van der Waals surface area contributed by atoms with E-state index in [1.54, 1.807) is 0 Å². The second kappa shape index (κ2) is 8.60. The van der Waals surface area contributed by atoms with Gasteiger partial charge in [-0.05, 0) is 24.0 Å². The Morgan fingerprint density at radius 1 is 1.38 bits per heavy atom. The van der Waals surface area contributed by atoms with Crippen molar-refractivity contribution >= 4 is 5.91 Å². The van der Waals surface area contributed by atoms with Crippen LogP contribution < -0.4 is 5.32 Å². The Morgan fingerprint density at radius 2 is 2.21 bits per heavy atom. The Bertz CT molecular complexity index is 526. The summed E-state index contributed by atoms with van der Waals surface area (Å²) in [6, 6.07) is 8.70. The van der Waals surface area contributed by atoms with Crippen molar-refractivity contribution in [3.8, 4) is 0 Å². The molecule has 0 saturated carbocycles. The van der Waals surface area contributed by atoms with Crippen molar-refractivity contribution in [3.05, 3.63) is 35.4 Å². The van der Waals surface area contributed by atoms with Crippen LogP contribution in [0.2, 0.25) is 0 Å². The predicted molar refractivity (Wildman–Crippen MR) is 92.9 cm³/mol. The van der Waals surface area contributed by atoms with Crippen molar-refractivity contribution in [3.63, 3.8) is 0 Å². The number of hydrogen-bond donors (Lipinski definition) is 1. The average Bonchev–Trinajstić information content (AvgIpc) is 3.15. The van der Waals surface area contributed by atoms with Gasteiger partial charge in [0.1, 0.15) is 6.61 Å². The number of amides is 1. The summed E-state index contributed by atoms with van der Waals surface area (Å²) >= 11 is 0. The molecule has 2 unspecified atom stereocenters. The van der Waals surface area contributed by atoms with Crippen molar-refractivity contribution in [2.24, 2.45) is 5.92 Å². The molecule has 2 atom stereocenters. The number of nitrogens with one attached hydrogen (secondary N) is 1. The number of carbonyl (C=O) groups is 1. The van der Waals surface area contributed by atoms with E-state index >= 15 is 0 Å². The molecule has 0 bridgehead atoms. The quantitative estimate of drug-likeness (QED) is 0.863. The summed E-state index contributed by atoms with van der Waals surface area (Å²) in [4.78, 5) is 14.6. The molecule has 0 spiro atoms. The van der Waals surface area contributed by atoms with Crippen LogP contribution >= 0.6 is 0 Å². The first-order valence-corrected chi connectivity index (χ1v) is 9.02. The maximum absolute atomic E-state index is 12.6. The molecule has 2 fully saturated rings. The molecule has 0 aliphatic carbocycles. The Balaban J connectivity index is 1.57. The molecule has 0 aromatic heterocycles. The molecule has 24 heavy (non-hydrogen) atoms. The van der Waals surface area contributed by atoms with Gasteiger partial charge < -0.3 is 19.7 Å². The van der Waals surface area contributed by atoms with Crippen LogP contribution in [0.4, 0.5) is 0 Å². The number of piperazine rings is 1. The molecule has 1 N–H and O–H groups in total. The fourth-order valence-electron chi connectivity index (χ4n) is 3.39. The molecule has 1 aromatic carbocycles. The minimum Gasteiger partial charge on any atom is -0.381 e. The monoisotopic (exact) mass is 332 g/mol. The van der Waals surface area contributed by atoms with Crippen molar-refractivity contribution in [1.29, 1.82) is 0 Å². The molecule has 1 amide bonds. The molecule has 1 aromatic rings. The van der Waals surface area contributed by atoms with Crippen LogP contribution in [-0.2, 0) is 20.7 Å². The molecular weight excluding hydrogens is 304 g/mol. The lowest BCUT2D eigenvalue weighted by Crippen LogP contribution is -2.49. The van der Waals surface area contributed by atoms with Gasteiger partial charge >= 0.3 is 0 Å². The summed E-state index contributed by atoms with van der Waals surface area (Å²) in [7, 11) is 0. The highest BCUT2D eigenvalue weighted by Gasteiger charge is 2.28. The molecule has 5 heteroatoms. The lowest BCUT2D eigenvalue weighted by Gasteiger charge is -2.36. The lowest BCUT2D eigenvalue weighted by molar-refractivity contribution is -0.140. The maximum atomic E-state index is 12.6. The number of hydrogen-bond acceptors (Lipinski definition) is 4. The van der Waals surface area contributed by atoms with E-state index in [4.69, 9.17) is 9.47 Å². The maximum Gasteiger partial charge on any atom is 0.249 e. The van der Waals surface area contributed by atoms with Gasteiger partial charge in [0.25, 0.3) is 0 Å². The lowest BCUT2D eigenvalue weighted by atomic mass is 10.0. The largest absolute Gasteiger partial charge is 0.381 e. The normalized spacial score (nSPS) is 24.3. The third-order valence-corrected chi connectivity index (χ3v) is 4.94. The van der Waals surface area contributed by atoms with Crippen LogP contribution in [0.1, 0.15) is 30.5 Å². The summed E-state index contributed by atoms with van der Waals surface area (Å²) in [6.45, 7) is 6.88. The van der Waals surface area contributed by atoms with Gasteiger partial charge in [-0.25, -0.2) is 0 Å². The van der Waals surface area contributed by atoms with Crippen molar-refractivity contribution in [2.45, 2.75) is 25.8 Å². The first-order valence-electron chi connectivity index (χ1n) is 9.02. The fraction of sp³-hybridized carbons (Fsp3) is 0.632. The Hall–Kier alpha value is -1.43. The molecule has 3 rings (SSSR count). The number of carbonyl (C=O) groups excluding carboxylic acids is 1. The zero-order valence-electron chi connectivity index (χ0n) is 14.5. The van der Waals surface area contributed by atoms with Crippen LogP contribution in [0, 0.1) is 5.92 Å². The number of rotatable bonds is 6. The smallest absolute Gasteiger partial charge is 0.249 e. The third-order valence-electron chi connectivity index (χ3n) is 4.94. The van der Waals surface area contributed by atoms with Crippen LogP contribution in [0.25, 0.3) is 0 Å². The molecule has 2 saturated heterocycles. The summed E-state index contributed by atoms with van der Waals surface area (Å²) in [5, 5.41) is 3.40. The average molecular weight is 332 g/mol. The Morgan fingerprint density at radius 3 is 2.92 bits per heavy atom. The van der Waals surface area contributed by atoms with Gasteiger partial charge in [-0.15, -0.1) is 0 Å². The first-order chi connectivity index (χ1) is 11.8. The van der Waals surface area contributed by atoms with Gasteiger partial charge in [-0.3, -0.25) is 4.79 Å². The van der Waals surface area contributed by atoms with E-state index in [2.05, 4.69) is 36.5 Å². The number of benzene rings is 1. The number of nitrogens with zero attached hydrogens (tertiary/aromatic N) is 1. The van der Waals surface area contributed by atoms with Gasteiger partial charge in [0.2, 0.25) is 5.91 Å². The van der Waals surface area contributed by atoms with Crippen molar-refractivity contribution < 1.29 is 14.3 Å². The Labute approximate surface area is 144 Å². The van der Waals surface area contributed by atoms with Gasteiger partial charge in [0.15, 0.2) is 0 Å². The minimum atomic E-state index is 0.0833. The van der Waals surface area contributed by atoms with Crippen molar-refractivity contribution in [1.82, 2.24) is 10.2 Å². The second-order valence-electron chi connectivity index (χ2n) is 6.65. The molecule has 2 aliphatic rings. The summed E-state index contributed by atoms with van der Waals surface area (Å²) in [6.07, 6.45) is 2.07. The van der Waals surface area contributed by atoms with E-state index in [0.29, 0.717) is 12.5 Å². The van der Waals surface area contributed by atoms with Gasteiger partial charge in [0, 0.05) is 32.2 Å². The van der Waals surface area contributed by atoms with Gasteiger partial charge in [-0.2, -0.15) is 0 Å². The highest BCUT2D eigenvalue weighted by Crippen LogP contribution is 2.23. The van der Waals surface area contributed by atoms with Gasteiger partial charge in [-0.1, -0.05) is 31.2 Å². The van der Waals surface area contributed by atoms with Crippen LogP contribution in [0.15, 0.2) is 24.3 Å². The SMILES string of the molecule is CCc1ccc(C2CNCCN2C(=O)COCC2CCOC2)cc1. The standard InChI is InChI=1S/C19H28N2O3/c1-2-15-3-5-17(6-4-15)18-11-20-8-9-21(18)19(22)14-24-13-16-7-10-23-12-16/h3-6,16,18,20H,2,7-14H2,1H3. The molecular formula is C19H28N2O3. The van der Waals surface area contributed by atoms with Crippen LogP contribution in [0.5, 0.6) is 0 Å². The van der Waals surface area contributed by atoms with Gasteiger partial charge in [0.05, 0.1) is 19.3 Å². The fourth-order valence-corrected chi connectivity index (χ4v) is 3.39. The molecule has 2 aliphatic heterocycles. The first kappa shape index (κ1) is 17.4.